The van der Waals surface area contributed by atoms with Gasteiger partial charge in [-0.3, -0.25) is 4.79 Å². The van der Waals surface area contributed by atoms with Crippen molar-refractivity contribution in [1.29, 1.82) is 5.26 Å². The first-order chi connectivity index (χ1) is 8.63. The van der Waals surface area contributed by atoms with Crippen LogP contribution in [-0.4, -0.2) is 11.0 Å². The van der Waals surface area contributed by atoms with Crippen LogP contribution in [-0.2, 0) is 17.6 Å². The van der Waals surface area contributed by atoms with Gasteiger partial charge in [-0.1, -0.05) is 12.1 Å². The molecule has 1 aromatic rings. The Bertz CT molecular complexity index is 568. The van der Waals surface area contributed by atoms with Gasteiger partial charge in [-0.25, -0.2) is 0 Å². The lowest BCUT2D eigenvalue weighted by Gasteiger charge is -2.18. The van der Waals surface area contributed by atoms with Crippen LogP contribution in [0.2, 0.25) is 0 Å². The number of primary amides is 1. The predicted octanol–water partition coefficient (Wildman–Crippen LogP) is 1.66. The second-order valence-corrected chi connectivity index (χ2v) is 4.38. The van der Waals surface area contributed by atoms with Crippen molar-refractivity contribution in [3.05, 3.63) is 34.4 Å². The van der Waals surface area contributed by atoms with Crippen LogP contribution in [0.3, 0.4) is 0 Å². The predicted molar refractivity (Wildman–Crippen MR) is 67.5 cm³/mol. The maximum Gasteiger partial charge on any atom is 0.259 e. The Kier molecular flexibility index (Phi) is 3.33. The fourth-order valence-corrected chi connectivity index (χ4v) is 2.26. The van der Waals surface area contributed by atoms with Crippen molar-refractivity contribution in [2.45, 2.75) is 25.7 Å². The van der Waals surface area contributed by atoms with E-state index in [2.05, 4.69) is 0 Å². The summed E-state index contributed by atoms with van der Waals surface area (Å²) < 4.78 is 0. The summed E-state index contributed by atoms with van der Waals surface area (Å²) in [6.45, 7) is 0. The van der Waals surface area contributed by atoms with E-state index < -0.39 is 5.91 Å². The number of nitriles is 1. The van der Waals surface area contributed by atoms with Gasteiger partial charge in [0.1, 0.15) is 17.4 Å². The van der Waals surface area contributed by atoms with Crippen LogP contribution in [0.4, 0.5) is 0 Å². The Balaban J connectivity index is 2.48. The average molecular weight is 242 g/mol. The molecule has 1 aromatic carbocycles. The molecule has 18 heavy (non-hydrogen) atoms. The number of aromatic hydroxyl groups is 1. The van der Waals surface area contributed by atoms with Gasteiger partial charge in [0.2, 0.25) is 0 Å². The number of fused-ring (bicyclic) bond motifs is 1. The number of nitrogens with two attached hydrogens (primary N) is 1. The monoisotopic (exact) mass is 242 g/mol. The highest BCUT2D eigenvalue weighted by atomic mass is 16.3. The lowest BCUT2D eigenvalue weighted by Crippen LogP contribution is -2.12. The maximum atomic E-state index is 11.0. The highest BCUT2D eigenvalue weighted by Gasteiger charge is 2.16. The molecule has 1 amide bonds. The molecule has 0 radical (unpaired) electrons. The summed E-state index contributed by atoms with van der Waals surface area (Å²) in [6, 6.07) is 5.40. The van der Waals surface area contributed by atoms with E-state index in [-0.39, 0.29) is 11.3 Å². The summed E-state index contributed by atoms with van der Waals surface area (Å²) in [5.41, 5.74) is 7.47. The van der Waals surface area contributed by atoms with Gasteiger partial charge in [-0.15, -0.1) is 0 Å². The van der Waals surface area contributed by atoms with Crippen molar-refractivity contribution >= 4 is 12.0 Å². The Hall–Kier alpha value is -2.28. The van der Waals surface area contributed by atoms with Crippen LogP contribution in [0.1, 0.15) is 29.5 Å². The molecule has 4 heteroatoms. The van der Waals surface area contributed by atoms with E-state index in [1.165, 1.54) is 6.08 Å². The second kappa shape index (κ2) is 4.92. The largest absolute Gasteiger partial charge is 0.507 e. The molecule has 0 unspecified atom stereocenters. The fourth-order valence-electron chi connectivity index (χ4n) is 2.26. The highest BCUT2D eigenvalue weighted by molar-refractivity contribution is 6.00. The number of amides is 1. The summed E-state index contributed by atoms with van der Waals surface area (Å²) in [5, 5.41) is 18.9. The minimum Gasteiger partial charge on any atom is -0.507 e. The number of nitrogens with zero attached hydrogens (tertiary/aromatic N) is 1. The van der Waals surface area contributed by atoms with Crippen LogP contribution in [0.15, 0.2) is 17.7 Å². The van der Waals surface area contributed by atoms with Crippen molar-refractivity contribution in [1.82, 2.24) is 0 Å². The molecule has 0 heterocycles. The molecule has 1 aliphatic rings. The summed E-state index contributed by atoms with van der Waals surface area (Å²) >= 11 is 0. The number of hydrogen-bond donors (Lipinski definition) is 2. The van der Waals surface area contributed by atoms with E-state index in [1.807, 2.05) is 6.07 Å². The summed E-state index contributed by atoms with van der Waals surface area (Å²) in [4.78, 5) is 11.0. The third-order valence-electron chi connectivity index (χ3n) is 3.22. The summed E-state index contributed by atoms with van der Waals surface area (Å²) in [6.07, 6.45) is 5.32. The molecule has 0 fully saturated rings. The third-order valence-corrected chi connectivity index (χ3v) is 3.22. The summed E-state index contributed by atoms with van der Waals surface area (Å²) in [5.74, 6) is -0.615. The molecule has 92 valence electrons. The molecule has 3 N–H and O–H groups in total. The first kappa shape index (κ1) is 12.2. The van der Waals surface area contributed by atoms with Crippen molar-refractivity contribution in [3.8, 4) is 11.8 Å². The second-order valence-electron chi connectivity index (χ2n) is 4.38. The molecular formula is C14H14N2O2. The van der Waals surface area contributed by atoms with E-state index in [0.29, 0.717) is 5.56 Å². The van der Waals surface area contributed by atoms with Crippen LogP contribution < -0.4 is 5.73 Å². The molecule has 0 saturated carbocycles. The van der Waals surface area contributed by atoms with E-state index in [0.717, 1.165) is 36.8 Å². The number of hydrogen-bond acceptors (Lipinski definition) is 3. The van der Waals surface area contributed by atoms with Crippen molar-refractivity contribution in [2.75, 3.05) is 0 Å². The molecule has 0 saturated heterocycles. The van der Waals surface area contributed by atoms with Gasteiger partial charge in [0, 0.05) is 5.56 Å². The Morgan fingerprint density at radius 3 is 2.78 bits per heavy atom. The van der Waals surface area contributed by atoms with Crippen molar-refractivity contribution in [2.24, 2.45) is 5.73 Å². The molecule has 4 nitrogen and oxygen atoms in total. The molecule has 2 rings (SSSR count). The molecule has 1 aliphatic carbocycles. The Labute approximate surface area is 105 Å². The van der Waals surface area contributed by atoms with Crippen LogP contribution in [0, 0.1) is 11.3 Å². The molecule has 0 aliphatic heterocycles. The smallest absolute Gasteiger partial charge is 0.259 e. The third kappa shape index (κ3) is 2.21. The van der Waals surface area contributed by atoms with Crippen LogP contribution in [0.25, 0.3) is 6.08 Å². The SMILES string of the molecule is N#C/C(=C/c1ccc2c(c1O)CCCC2)C(N)=O. The zero-order valence-electron chi connectivity index (χ0n) is 9.94. The first-order valence-corrected chi connectivity index (χ1v) is 5.89. The minimum atomic E-state index is -0.783. The molecule has 0 spiro atoms. The zero-order chi connectivity index (χ0) is 13.1. The van der Waals surface area contributed by atoms with E-state index >= 15 is 0 Å². The number of benzene rings is 1. The van der Waals surface area contributed by atoms with Gasteiger partial charge in [-0.05, 0) is 42.9 Å². The number of carbonyl (C=O) groups excluding carboxylic acids is 1. The standard InChI is InChI=1S/C14H14N2O2/c15-8-11(14(16)18)7-10-6-5-9-3-1-2-4-12(9)13(10)17/h5-7,17H,1-4H2,(H2,16,18)/b11-7-. The van der Waals surface area contributed by atoms with Gasteiger partial charge in [0.05, 0.1) is 0 Å². The van der Waals surface area contributed by atoms with Crippen molar-refractivity contribution in [3.63, 3.8) is 0 Å². The molecular weight excluding hydrogens is 228 g/mol. The highest BCUT2D eigenvalue weighted by Crippen LogP contribution is 2.32. The Morgan fingerprint density at radius 1 is 1.39 bits per heavy atom. The first-order valence-electron chi connectivity index (χ1n) is 5.89. The van der Waals surface area contributed by atoms with E-state index in [9.17, 15) is 9.90 Å². The fraction of sp³-hybridized carbons (Fsp3) is 0.286. The molecule has 0 atom stereocenters. The minimum absolute atomic E-state index is 0.152. The number of rotatable bonds is 2. The normalized spacial score (nSPS) is 14.7. The topological polar surface area (TPSA) is 87.1 Å². The molecule has 0 bridgehead atoms. The van der Waals surface area contributed by atoms with Crippen molar-refractivity contribution < 1.29 is 9.90 Å². The maximum absolute atomic E-state index is 11.0. The van der Waals surface area contributed by atoms with Gasteiger partial charge >= 0.3 is 0 Å². The van der Waals surface area contributed by atoms with Gasteiger partial charge in [-0.2, -0.15) is 5.26 Å². The quantitative estimate of drug-likeness (QED) is 0.610. The van der Waals surface area contributed by atoms with E-state index in [1.54, 1.807) is 12.1 Å². The average Bonchev–Trinajstić information content (AvgIpc) is 2.38. The number of phenols is 1. The Morgan fingerprint density at radius 2 is 2.11 bits per heavy atom. The number of carbonyl (C=O) groups is 1. The van der Waals surface area contributed by atoms with Crippen LogP contribution >= 0.6 is 0 Å². The number of aryl methyl sites for hydroxylation is 1. The lowest BCUT2D eigenvalue weighted by molar-refractivity contribution is -0.114. The van der Waals surface area contributed by atoms with Gasteiger partial charge < -0.3 is 10.8 Å². The van der Waals surface area contributed by atoms with E-state index in [4.69, 9.17) is 11.0 Å². The van der Waals surface area contributed by atoms with Gasteiger partial charge in [0.25, 0.3) is 5.91 Å². The summed E-state index contributed by atoms with van der Waals surface area (Å²) in [7, 11) is 0. The zero-order valence-corrected chi connectivity index (χ0v) is 9.94. The lowest BCUT2D eigenvalue weighted by atomic mass is 9.89. The number of phenolic OH excluding ortho intramolecular Hbond substituents is 1. The molecule has 0 aromatic heterocycles. The van der Waals surface area contributed by atoms with Gasteiger partial charge in [0.15, 0.2) is 0 Å². The van der Waals surface area contributed by atoms with Crippen LogP contribution in [0.5, 0.6) is 5.75 Å².